The van der Waals surface area contributed by atoms with Crippen LogP contribution in [0.4, 0.5) is 14.9 Å². The van der Waals surface area contributed by atoms with E-state index in [0.29, 0.717) is 11.3 Å². The second-order valence-electron chi connectivity index (χ2n) is 6.00. The Balaban J connectivity index is 1.79. The Labute approximate surface area is 150 Å². The van der Waals surface area contributed by atoms with Crippen molar-refractivity contribution < 1.29 is 18.8 Å². The van der Waals surface area contributed by atoms with Gasteiger partial charge in [0.1, 0.15) is 17.9 Å². The molecule has 1 fully saturated rings. The summed E-state index contributed by atoms with van der Waals surface area (Å²) in [6.07, 6.45) is 0.278. The van der Waals surface area contributed by atoms with Gasteiger partial charge in [-0.1, -0.05) is 37.3 Å². The minimum atomic E-state index is -1.29. The van der Waals surface area contributed by atoms with Crippen molar-refractivity contribution in [2.45, 2.75) is 18.9 Å². The van der Waals surface area contributed by atoms with Gasteiger partial charge in [-0.3, -0.25) is 14.5 Å². The quantitative estimate of drug-likeness (QED) is 0.810. The van der Waals surface area contributed by atoms with E-state index in [4.69, 9.17) is 0 Å². The highest BCUT2D eigenvalue weighted by atomic mass is 19.1. The molecule has 134 valence electrons. The molecule has 1 atom stereocenters. The summed E-state index contributed by atoms with van der Waals surface area (Å²) >= 11 is 0. The largest absolute Gasteiger partial charge is 0.325 e. The van der Waals surface area contributed by atoms with E-state index in [2.05, 4.69) is 10.6 Å². The van der Waals surface area contributed by atoms with Crippen LogP contribution in [0.15, 0.2) is 54.6 Å². The molecule has 1 heterocycles. The average molecular weight is 355 g/mol. The van der Waals surface area contributed by atoms with Crippen LogP contribution in [0.5, 0.6) is 0 Å². The number of hydrogen-bond acceptors (Lipinski definition) is 3. The van der Waals surface area contributed by atoms with Gasteiger partial charge in [0.25, 0.3) is 5.91 Å². The number of carbonyl (C=O) groups is 3. The first-order valence-electron chi connectivity index (χ1n) is 8.21. The number of benzene rings is 2. The summed E-state index contributed by atoms with van der Waals surface area (Å²) in [4.78, 5) is 38.3. The summed E-state index contributed by atoms with van der Waals surface area (Å²) < 4.78 is 13.2. The molecule has 0 bridgehead atoms. The van der Waals surface area contributed by atoms with Crippen molar-refractivity contribution >= 4 is 23.5 Å². The van der Waals surface area contributed by atoms with Crippen molar-refractivity contribution in [1.29, 1.82) is 0 Å². The number of carbonyl (C=O) groups excluding carboxylic acids is 3. The topological polar surface area (TPSA) is 78.5 Å². The Hall–Kier alpha value is -3.22. The molecular weight excluding hydrogens is 337 g/mol. The van der Waals surface area contributed by atoms with E-state index < -0.39 is 35.7 Å². The highest BCUT2D eigenvalue weighted by Crippen LogP contribution is 2.32. The molecule has 6 nitrogen and oxygen atoms in total. The van der Waals surface area contributed by atoms with Crippen LogP contribution in [0.3, 0.4) is 0 Å². The van der Waals surface area contributed by atoms with Gasteiger partial charge < -0.3 is 10.6 Å². The monoisotopic (exact) mass is 355 g/mol. The van der Waals surface area contributed by atoms with Crippen LogP contribution >= 0.6 is 0 Å². The van der Waals surface area contributed by atoms with E-state index in [1.807, 2.05) is 6.07 Å². The zero-order valence-electron chi connectivity index (χ0n) is 14.2. The van der Waals surface area contributed by atoms with E-state index in [1.165, 1.54) is 24.3 Å². The fraction of sp³-hybridized carbons (Fsp3) is 0.211. The van der Waals surface area contributed by atoms with Gasteiger partial charge in [-0.2, -0.15) is 0 Å². The number of rotatable bonds is 5. The predicted molar refractivity (Wildman–Crippen MR) is 93.7 cm³/mol. The van der Waals surface area contributed by atoms with Gasteiger partial charge >= 0.3 is 6.03 Å². The van der Waals surface area contributed by atoms with Crippen molar-refractivity contribution in [2.75, 3.05) is 11.9 Å². The number of imide groups is 1. The van der Waals surface area contributed by atoms with Gasteiger partial charge in [0.2, 0.25) is 5.91 Å². The lowest BCUT2D eigenvalue weighted by molar-refractivity contribution is -0.134. The normalized spacial score (nSPS) is 19.4. The summed E-state index contributed by atoms with van der Waals surface area (Å²) in [5.41, 5.74) is -0.242. The molecule has 7 heteroatoms. The number of para-hydroxylation sites is 1. The minimum Gasteiger partial charge on any atom is -0.325 e. The average Bonchev–Trinajstić information content (AvgIpc) is 2.88. The number of halogens is 1. The Kier molecular flexibility index (Phi) is 4.71. The lowest BCUT2D eigenvalue weighted by Gasteiger charge is -2.25. The maximum atomic E-state index is 13.2. The van der Waals surface area contributed by atoms with Crippen LogP contribution in [0.1, 0.15) is 18.9 Å². The number of nitrogens with one attached hydrogen (secondary N) is 2. The third-order valence-electron chi connectivity index (χ3n) is 4.40. The van der Waals surface area contributed by atoms with Crippen molar-refractivity contribution in [3.63, 3.8) is 0 Å². The maximum absolute atomic E-state index is 13.2. The Bertz CT molecular complexity index is 839. The van der Waals surface area contributed by atoms with Crippen LogP contribution in [-0.2, 0) is 15.1 Å². The fourth-order valence-corrected chi connectivity index (χ4v) is 3.01. The molecule has 0 aromatic heterocycles. The summed E-state index contributed by atoms with van der Waals surface area (Å²) in [7, 11) is 0. The summed E-state index contributed by atoms with van der Waals surface area (Å²) in [5, 5.41) is 5.30. The molecule has 0 unspecified atom stereocenters. The van der Waals surface area contributed by atoms with Crippen LogP contribution in [0, 0.1) is 5.82 Å². The molecule has 2 aromatic carbocycles. The highest BCUT2D eigenvalue weighted by Gasteiger charge is 2.51. The van der Waals surface area contributed by atoms with Gasteiger partial charge in [0.05, 0.1) is 0 Å². The molecule has 4 amide bonds. The van der Waals surface area contributed by atoms with E-state index >= 15 is 0 Å². The molecule has 0 aliphatic carbocycles. The number of nitrogens with zero attached hydrogens (tertiary/aromatic N) is 1. The molecule has 26 heavy (non-hydrogen) atoms. The first kappa shape index (κ1) is 17.6. The molecule has 1 aliphatic heterocycles. The molecule has 0 spiro atoms. The second kappa shape index (κ2) is 6.95. The first-order valence-corrected chi connectivity index (χ1v) is 8.21. The van der Waals surface area contributed by atoms with Crippen molar-refractivity contribution in [3.05, 3.63) is 66.0 Å². The number of anilines is 1. The Morgan fingerprint density at radius 1 is 1.12 bits per heavy atom. The van der Waals surface area contributed by atoms with Gasteiger partial charge in [-0.25, -0.2) is 9.18 Å². The van der Waals surface area contributed by atoms with Crippen LogP contribution in [-0.4, -0.2) is 29.3 Å². The summed E-state index contributed by atoms with van der Waals surface area (Å²) in [6.45, 7) is 1.34. The standard InChI is InChI=1S/C19H18FN3O3/c1-2-19(13-8-10-14(20)11-9-13)17(25)23(18(26)22-19)12-16(24)21-15-6-4-3-5-7-15/h3-11H,2,12H2,1H3,(H,21,24)(H,22,26)/t19-/m1/s1. The third-order valence-corrected chi connectivity index (χ3v) is 4.40. The molecule has 1 aliphatic rings. The zero-order valence-corrected chi connectivity index (χ0v) is 14.2. The molecular formula is C19H18FN3O3. The molecule has 2 aromatic rings. The maximum Gasteiger partial charge on any atom is 0.325 e. The van der Waals surface area contributed by atoms with Gasteiger partial charge in [-0.15, -0.1) is 0 Å². The zero-order chi connectivity index (χ0) is 18.7. The van der Waals surface area contributed by atoms with Crippen LogP contribution in [0.2, 0.25) is 0 Å². The van der Waals surface area contributed by atoms with E-state index in [1.54, 1.807) is 31.2 Å². The van der Waals surface area contributed by atoms with Gasteiger partial charge in [0.15, 0.2) is 0 Å². The van der Waals surface area contributed by atoms with Crippen LogP contribution < -0.4 is 10.6 Å². The SMILES string of the molecule is CC[C@]1(c2ccc(F)cc2)NC(=O)N(CC(=O)Nc2ccccc2)C1=O. The Morgan fingerprint density at radius 3 is 2.38 bits per heavy atom. The first-order chi connectivity index (χ1) is 12.5. The Morgan fingerprint density at radius 2 is 1.77 bits per heavy atom. The highest BCUT2D eigenvalue weighted by molar-refractivity contribution is 6.10. The summed E-state index contributed by atoms with van der Waals surface area (Å²) in [5.74, 6) is -1.44. The number of urea groups is 1. The lowest BCUT2D eigenvalue weighted by atomic mass is 9.87. The summed E-state index contributed by atoms with van der Waals surface area (Å²) in [6, 6.07) is 13.5. The fourth-order valence-electron chi connectivity index (χ4n) is 3.01. The van der Waals surface area contributed by atoms with E-state index in [0.717, 1.165) is 4.90 Å². The van der Waals surface area contributed by atoms with Crippen molar-refractivity contribution in [3.8, 4) is 0 Å². The predicted octanol–water partition coefficient (Wildman–Crippen LogP) is 2.62. The smallest absolute Gasteiger partial charge is 0.325 e. The molecule has 3 rings (SSSR count). The number of amides is 4. The van der Waals surface area contributed by atoms with Gasteiger partial charge in [-0.05, 0) is 36.2 Å². The van der Waals surface area contributed by atoms with Crippen molar-refractivity contribution in [1.82, 2.24) is 10.2 Å². The van der Waals surface area contributed by atoms with E-state index in [-0.39, 0.29) is 6.42 Å². The second-order valence-corrected chi connectivity index (χ2v) is 6.00. The molecule has 2 N–H and O–H groups in total. The van der Waals surface area contributed by atoms with Crippen LogP contribution in [0.25, 0.3) is 0 Å². The molecule has 0 radical (unpaired) electrons. The number of hydrogen-bond donors (Lipinski definition) is 2. The van der Waals surface area contributed by atoms with Gasteiger partial charge in [0, 0.05) is 5.69 Å². The lowest BCUT2D eigenvalue weighted by Crippen LogP contribution is -2.44. The minimum absolute atomic E-state index is 0.278. The third kappa shape index (κ3) is 3.15. The van der Waals surface area contributed by atoms with Crippen molar-refractivity contribution in [2.24, 2.45) is 0 Å². The molecule has 0 saturated carbocycles. The molecule has 1 saturated heterocycles. The van der Waals surface area contributed by atoms with E-state index in [9.17, 15) is 18.8 Å².